The smallest absolute Gasteiger partial charge is 0.307 e. The van der Waals surface area contributed by atoms with Gasteiger partial charge in [0.05, 0.1) is 15.6 Å². The summed E-state index contributed by atoms with van der Waals surface area (Å²) < 4.78 is 0.693. The van der Waals surface area contributed by atoms with Crippen LogP contribution in [0.25, 0.3) is 10.7 Å². The summed E-state index contributed by atoms with van der Waals surface area (Å²) in [5, 5.41) is 8.81. The Hall–Kier alpha value is -2.31. The SMILES string of the molecule is Cc1nc(Cc2ccc(CC(=O)O)cc2)nc(-c2ccc(Cl)s2)n1. The highest BCUT2D eigenvalue weighted by molar-refractivity contribution is 7.19. The first-order chi connectivity index (χ1) is 11.5. The Labute approximate surface area is 148 Å². The average Bonchev–Trinajstić information content (AvgIpc) is 2.95. The fourth-order valence-electron chi connectivity index (χ4n) is 2.29. The second kappa shape index (κ2) is 7.07. The van der Waals surface area contributed by atoms with E-state index in [1.807, 2.05) is 43.3 Å². The van der Waals surface area contributed by atoms with Crippen LogP contribution >= 0.6 is 22.9 Å². The number of carbonyl (C=O) groups is 1. The molecular formula is C17H14ClN3O2S. The summed E-state index contributed by atoms with van der Waals surface area (Å²) in [6, 6.07) is 11.2. The molecule has 2 aromatic heterocycles. The minimum atomic E-state index is -0.838. The molecule has 0 fully saturated rings. The van der Waals surface area contributed by atoms with Crippen LogP contribution in [0.1, 0.15) is 22.8 Å². The summed E-state index contributed by atoms with van der Waals surface area (Å²) in [5.74, 6) is 1.11. The van der Waals surface area contributed by atoms with Gasteiger partial charge in [-0.25, -0.2) is 15.0 Å². The number of nitrogens with zero attached hydrogens (tertiary/aromatic N) is 3. The lowest BCUT2D eigenvalue weighted by molar-refractivity contribution is -0.136. The van der Waals surface area contributed by atoms with E-state index in [4.69, 9.17) is 16.7 Å². The molecular weight excluding hydrogens is 346 g/mol. The van der Waals surface area contributed by atoms with Gasteiger partial charge in [0.15, 0.2) is 5.82 Å². The predicted molar refractivity (Wildman–Crippen MR) is 93.5 cm³/mol. The molecule has 5 nitrogen and oxygen atoms in total. The predicted octanol–water partition coefficient (Wildman–Crippen LogP) is 3.78. The molecule has 0 spiro atoms. The van der Waals surface area contributed by atoms with Crippen LogP contribution in [0.2, 0.25) is 4.34 Å². The van der Waals surface area contributed by atoms with E-state index in [1.54, 1.807) is 0 Å². The minimum absolute atomic E-state index is 0.0223. The molecule has 3 aromatic rings. The van der Waals surface area contributed by atoms with Gasteiger partial charge in [-0.1, -0.05) is 35.9 Å². The molecule has 0 aliphatic carbocycles. The van der Waals surface area contributed by atoms with E-state index < -0.39 is 5.97 Å². The van der Waals surface area contributed by atoms with Crippen molar-refractivity contribution >= 4 is 28.9 Å². The molecule has 1 aromatic carbocycles. The molecule has 0 atom stereocenters. The molecule has 0 unspecified atom stereocenters. The summed E-state index contributed by atoms with van der Waals surface area (Å²) in [5.41, 5.74) is 1.79. The molecule has 3 rings (SSSR count). The summed E-state index contributed by atoms with van der Waals surface area (Å²) >= 11 is 7.41. The van der Waals surface area contributed by atoms with Crippen molar-refractivity contribution in [2.45, 2.75) is 19.8 Å². The second-order valence-electron chi connectivity index (χ2n) is 5.29. The molecule has 1 N–H and O–H groups in total. The largest absolute Gasteiger partial charge is 0.481 e. The Balaban J connectivity index is 1.82. The van der Waals surface area contributed by atoms with Gasteiger partial charge in [-0.05, 0) is 30.2 Å². The third-order valence-corrected chi connectivity index (χ3v) is 4.55. The summed E-state index contributed by atoms with van der Waals surface area (Å²) in [7, 11) is 0. The highest BCUT2D eigenvalue weighted by atomic mass is 35.5. The fraction of sp³-hybridized carbons (Fsp3) is 0.176. The van der Waals surface area contributed by atoms with Crippen molar-refractivity contribution in [3.05, 3.63) is 63.5 Å². The first-order valence-electron chi connectivity index (χ1n) is 7.26. The summed E-state index contributed by atoms with van der Waals surface area (Å²) in [6.45, 7) is 1.83. The number of rotatable bonds is 5. The Morgan fingerprint density at radius 1 is 1.08 bits per heavy atom. The van der Waals surface area contributed by atoms with Crippen LogP contribution in [-0.2, 0) is 17.6 Å². The summed E-state index contributed by atoms with van der Waals surface area (Å²) in [6.07, 6.45) is 0.581. The Morgan fingerprint density at radius 3 is 2.42 bits per heavy atom. The van der Waals surface area contributed by atoms with Crippen LogP contribution in [-0.4, -0.2) is 26.0 Å². The van der Waals surface area contributed by atoms with E-state index in [1.165, 1.54) is 11.3 Å². The number of halogens is 1. The van der Waals surface area contributed by atoms with Crippen molar-refractivity contribution in [3.8, 4) is 10.7 Å². The van der Waals surface area contributed by atoms with Crippen molar-refractivity contribution in [1.82, 2.24) is 15.0 Å². The maximum absolute atomic E-state index is 10.7. The molecule has 2 heterocycles. The van der Waals surface area contributed by atoms with E-state index in [0.717, 1.165) is 16.0 Å². The zero-order valence-electron chi connectivity index (χ0n) is 12.9. The quantitative estimate of drug-likeness (QED) is 0.750. The molecule has 24 heavy (non-hydrogen) atoms. The van der Waals surface area contributed by atoms with Crippen molar-refractivity contribution in [2.24, 2.45) is 0 Å². The topological polar surface area (TPSA) is 76.0 Å². The van der Waals surface area contributed by atoms with E-state index in [-0.39, 0.29) is 6.42 Å². The number of hydrogen-bond donors (Lipinski definition) is 1. The number of hydrogen-bond acceptors (Lipinski definition) is 5. The zero-order valence-corrected chi connectivity index (χ0v) is 14.4. The summed E-state index contributed by atoms with van der Waals surface area (Å²) in [4.78, 5) is 24.9. The van der Waals surface area contributed by atoms with Gasteiger partial charge in [0.1, 0.15) is 11.6 Å². The van der Waals surface area contributed by atoms with Crippen molar-refractivity contribution in [2.75, 3.05) is 0 Å². The van der Waals surface area contributed by atoms with Crippen LogP contribution in [0, 0.1) is 6.92 Å². The van der Waals surface area contributed by atoms with Gasteiger partial charge in [0.25, 0.3) is 0 Å². The normalized spacial score (nSPS) is 10.8. The number of benzene rings is 1. The monoisotopic (exact) mass is 359 g/mol. The first kappa shape index (κ1) is 16.5. The number of carboxylic acid groups (broad SMARTS) is 1. The van der Waals surface area contributed by atoms with Crippen molar-refractivity contribution in [1.29, 1.82) is 0 Å². The third kappa shape index (κ3) is 4.15. The minimum Gasteiger partial charge on any atom is -0.481 e. The highest BCUT2D eigenvalue weighted by Gasteiger charge is 2.10. The van der Waals surface area contributed by atoms with Crippen LogP contribution in [0.3, 0.4) is 0 Å². The third-order valence-electron chi connectivity index (χ3n) is 3.33. The molecule has 0 saturated heterocycles. The number of aromatic nitrogens is 3. The van der Waals surface area contributed by atoms with Crippen LogP contribution < -0.4 is 0 Å². The van der Waals surface area contributed by atoms with Crippen molar-refractivity contribution in [3.63, 3.8) is 0 Å². The lowest BCUT2D eigenvalue weighted by atomic mass is 10.1. The molecule has 0 aliphatic rings. The molecule has 0 aliphatic heterocycles. The van der Waals surface area contributed by atoms with Crippen LogP contribution in [0.5, 0.6) is 0 Å². The molecule has 0 radical (unpaired) electrons. The van der Waals surface area contributed by atoms with Crippen molar-refractivity contribution < 1.29 is 9.90 Å². The van der Waals surface area contributed by atoms with E-state index in [0.29, 0.717) is 28.2 Å². The number of aliphatic carboxylic acids is 1. The lowest BCUT2D eigenvalue weighted by Crippen LogP contribution is -2.04. The van der Waals surface area contributed by atoms with Gasteiger partial charge in [-0.15, -0.1) is 11.3 Å². The average molecular weight is 360 g/mol. The van der Waals surface area contributed by atoms with E-state index in [2.05, 4.69) is 15.0 Å². The van der Waals surface area contributed by atoms with E-state index >= 15 is 0 Å². The van der Waals surface area contributed by atoms with Crippen LogP contribution in [0.4, 0.5) is 0 Å². The van der Waals surface area contributed by atoms with Gasteiger partial charge in [0, 0.05) is 6.42 Å². The highest BCUT2D eigenvalue weighted by Crippen LogP contribution is 2.28. The number of aryl methyl sites for hydroxylation is 1. The zero-order chi connectivity index (χ0) is 17.1. The molecule has 0 bridgehead atoms. The Bertz CT molecular complexity index is 878. The lowest BCUT2D eigenvalue weighted by Gasteiger charge is -2.05. The first-order valence-corrected chi connectivity index (χ1v) is 8.46. The number of thiophene rings is 1. The molecule has 7 heteroatoms. The van der Waals surface area contributed by atoms with Gasteiger partial charge < -0.3 is 5.11 Å². The number of carboxylic acids is 1. The standard InChI is InChI=1S/C17H14ClN3O2S/c1-10-19-15(21-17(20-10)13-6-7-14(18)24-13)8-11-2-4-12(5-3-11)9-16(22)23/h2-7H,8-9H2,1H3,(H,22,23). The molecule has 0 amide bonds. The van der Waals surface area contributed by atoms with Gasteiger partial charge >= 0.3 is 5.97 Å². The maximum atomic E-state index is 10.7. The van der Waals surface area contributed by atoms with Gasteiger partial charge in [0.2, 0.25) is 0 Å². The Morgan fingerprint density at radius 2 is 1.79 bits per heavy atom. The van der Waals surface area contributed by atoms with Gasteiger partial charge in [-0.3, -0.25) is 4.79 Å². The second-order valence-corrected chi connectivity index (χ2v) is 7.01. The van der Waals surface area contributed by atoms with Gasteiger partial charge in [-0.2, -0.15) is 0 Å². The fourth-order valence-corrected chi connectivity index (χ4v) is 3.27. The Kier molecular flexibility index (Phi) is 4.87. The maximum Gasteiger partial charge on any atom is 0.307 e. The molecule has 122 valence electrons. The van der Waals surface area contributed by atoms with E-state index in [9.17, 15) is 4.79 Å². The van der Waals surface area contributed by atoms with Crippen LogP contribution in [0.15, 0.2) is 36.4 Å². The molecule has 0 saturated carbocycles.